The topological polar surface area (TPSA) is 47.0 Å². The van der Waals surface area contributed by atoms with Gasteiger partial charge in [0.05, 0.1) is 11.6 Å². The molecule has 0 aliphatic carbocycles. The summed E-state index contributed by atoms with van der Waals surface area (Å²) in [7, 11) is 1.69. The molecule has 0 aliphatic rings. The van der Waals surface area contributed by atoms with Gasteiger partial charge in [-0.2, -0.15) is 0 Å². The van der Waals surface area contributed by atoms with Crippen LogP contribution in [0.3, 0.4) is 0 Å². The summed E-state index contributed by atoms with van der Waals surface area (Å²) in [5.74, 6) is 0.677. The molecule has 0 amide bonds. The molecule has 0 bridgehead atoms. The van der Waals surface area contributed by atoms with Crippen LogP contribution in [0.1, 0.15) is 17.0 Å². The number of nitrogens with one attached hydrogen (secondary N) is 1. The first-order chi connectivity index (χ1) is 10.1. The van der Waals surface area contributed by atoms with Gasteiger partial charge in [-0.1, -0.05) is 23.7 Å². The number of nitrogens with zero attached hydrogens (tertiary/aromatic N) is 2. The predicted octanol–water partition coefficient (Wildman–Crippen LogP) is 3.15. The van der Waals surface area contributed by atoms with Crippen molar-refractivity contribution in [1.29, 1.82) is 0 Å². The van der Waals surface area contributed by atoms with E-state index < -0.39 is 0 Å². The van der Waals surface area contributed by atoms with Crippen molar-refractivity contribution in [3.05, 3.63) is 46.2 Å². The molecule has 5 heteroatoms. The smallest absolute Gasteiger partial charge is 0.161 e. The second-order valence-electron chi connectivity index (χ2n) is 4.85. The van der Waals surface area contributed by atoms with E-state index in [9.17, 15) is 0 Å². The molecule has 1 aromatic carbocycles. The molecule has 0 unspecified atom stereocenters. The Morgan fingerprint density at radius 3 is 2.43 bits per heavy atom. The zero-order valence-electron chi connectivity index (χ0n) is 12.6. The Balaban J connectivity index is 2.23. The van der Waals surface area contributed by atoms with Crippen molar-refractivity contribution in [1.82, 2.24) is 15.3 Å². The van der Waals surface area contributed by atoms with Crippen molar-refractivity contribution < 1.29 is 4.74 Å². The molecule has 0 atom stereocenters. The Morgan fingerprint density at radius 1 is 1.14 bits per heavy atom. The molecule has 1 N–H and O–H groups in total. The van der Waals surface area contributed by atoms with E-state index in [4.69, 9.17) is 16.3 Å². The van der Waals surface area contributed by atoms with E-state index in [1.165, 1.54) is 0 Å². The Hall–Kier alpha value is -1.49. The highest BCUT2D eigenvalue weighted by atomic mass is 35.5. The van der Waals surface area contributed by atoms with Gasteiger partial charge in [-0.25, -0.2) is 9.97 Å². The lowest BCUT2D eigenvalue weighted by Crippen LogP contribution is -2.20. The molecule has 1 heterocycles. The summed E-state index contributed by atoms with van der Waals surface area (Å²) in [4.78, 5) is 9.19. The Morgan fingerprint density at radius 2 is 1.81 bits per heavy atom. The minimum Gasteiger partial charge on any atom is -0.383 e. The average molecular weight is 306 g/mol. The summed E-state index contributed by atoms with van der Waals surface area (Å²) in [6, 6.07) is 7.63. The number of aryl methyl sites for hydroxylation is 2. The molecule has 0 fully saturated rings. The molecular formula is C16H20ClN3O. The second kappa shape index (κ2) is 7.50. The van der Waals surface area contributed by atoms with Crippen molar-refractivity contribution in [2.45, 2.75) is 20.4 Å². The maximum absolute atomic E-state index is 6.22. The van der Waals surface area contributed by atoms with Crippen LogP contribution in [0, 0.1) is 13.8 Å². The summed E-state index contributed by atoms with van der Waals surface area (Å²) >= 11 is 6.22. The van der Waals surface area contributed by atoms with Crippen molar-refractivity contribution >= 4 is 11.6 Å². The molecule has 0 aliphatic heterocycles. The minimum atomic E-state index is 0.669. The summed E-state index contributed by atoms with van der Waals surface area (Å²) in [5.41, 5.74) is 3.94. The van der Waals surface area contributed by atoms with E-state index in [1.54, 1.807) is 7.11 Å². The van der Waals surface area contributed by atoms with Crippen molar-refractivity contribution in [3.8, 4) is 11.4 Å². The molecule has 112 valence electrons. The Labute approximate surface area is 130 Å². The van der Waals surface area contributed by atoms with Crippen molar-refractivity contribution in [2.75, 3.05) is 20.3 Å². The first kappa shape index (κ1) is 15.9. The zero-order chi connectivity index (χ0) is 15.2. The molecule has 0 saturated carbocycles. The third kappa shape index (κ3) is 4.00. The minimum absolute atomic E-state index is 0.669. The number of halogens is 1. The third-order valence-electron chi connectivity index (χ3n) is 3.32. The van der Waals surface area contributed by atoms with Crippen molar-refractivity contribution in [3.63, 3.8) is 0 Å². The van der Waals surface area contributed by atoms with Crippen LogP contribution in [0.25, 0.3) is 11.4 Å². The number of aromatic nitrogens is 2. The van der Waals surface area contributed by atoms with Crippen LogP contribution in [-0.2, 0) is 11.3 Å². The number of ether oxygens (including phenoxy) is 1. The fourth-order valence-electron chi connectivity index (χ4n) is 2.15. The van der Waals surface area contributed by atoms with E-state index in [2.05, 4.69) is 15.3 Å². The van der Waals surface area contributed by atoms with Crippen LogP contribution >= 0.6 is 11.6 Å². The number of hydrogen-bond donors (Lipinski definition) is 1. The zero-order valence-corrected chi connectivity index (χ0v) is 13.4. The van der Waals surface area contributed by atoms with Gasteiger partial charge in [0.2, 0.25) is 0 Å². The van der Waals surface area contributed by atoms with E-state index >= 15 is 0 Å². The van der Waals surface area contributed by atoms with Crippen LogP contribution < -0.4 is 5.32 Å². The van der Waals surface area contributed by atoms with E-state index in [0.29, 0.717) is 17.5 Å². The quantitative estimate of drug-likeness (QED) is 0.833. The number of hydrogen-bond acceptors (Lipinski definition) is 4. The molecule has 0 spiro atoms. The maximum atomic E-state index is 6.22. The molecule has 2 aromatic rings. The SMILES string of the molecule is COCCNCc1c(C)nc(-c2ccccc2Cl)nc1C. The highest BCUT2D eigenvalue weighted by Gasteiger charge is 2.11. The summed E-state index contributed by atoms with van der Waals surface area (Å²) in [6.45, 7) is 6.24. The van der Waals surface area contributed by atoms with Gasteiger partial charge < -0.3 is 10.1 Å². The number of benzene rings is 1. The number of methoxy groups -OCH3 is 1. The summed E-state index contributed by atoms with van der Waals surface area (Å²) in [5, 5.41) is 3.99. The lowest BCUT2D eigenvalue weighted by Gasteiger charge is -2.12. The van der Waals surface area contributed by atoms with Gasteiger partial charge in [0.15, 0.2) is 5.82 Å². The van der Waals surface area contributed by atoms with Crippen LogP contribution in [0.15, 0.2) is 24.3 Å². The third-order valence-corrected chi connectivity index (χ3v) is 3.65. The maximum Gasteiger partial charge on any atom is 0.161 e. The molecule has 21 heavy (non-hydrogen) atoms. The van der Waals surface area contributed by atoms with E-state index in [1.807, 2.05) is 38.1 Å². The molecule has 0 saturated heterocycles. The lowest BCUT2D eigenvalue weighted by molar-refractivity contribution is 0.199. The largest absolute Gasteiger partial charge is 0.383 e. The normalized spacial score (nSPS) is 10.9. The Kier molecular flexibility index (Phi) is 5.67. The van der Waals surface area contributed by atoms with Crippen LogP contribution in [-0.4, -0.2) is 30.2 Å². The van der Waals surface area contributed by atoms with Crippen LogP contribution in [0.4, 0.5) is 0 Å². The van der Waals surface area contributed by atoms with Crippen LogP contribution in [0.5, 0.6) is 0 Å². The van der Waals surface area contributed by atoms with Gasteiger partial charge in [-0.15, -0.1) is 0 Å². The van der Waals surface area contributed by atoms with Gasteiger partial charge in [-0.3, -0.25) is 0 Å². The number of rotatable bonds is 6. The van der Waals surface area contributed by atoms with Crippen LogP contribution in [0.2, 0.25) is 5.02 Å². The van der Waals surface area contributed by atoms with Gasteiger partial charge in [-0.05, 0) is 26.0 Å². The highest BCUT2D eigenvalue weighted by Crippen LogP contribution is 2.25. The standard InChI is InChI=1S/C16H20ClN3O/c1-11-14(10-18-8-9-21-3)12(2)20-16(19-11)13-6-4-5-7-15(13)17/h4-7,18H,8-10H2,1-3H3. The lowest BCUT2D eigenvalue weighted by atomic mass is 10.1. The first-order valence-electron chi connectivity index (χ1n) is 6.92. The molecular weight excluding hydrogens is 286 g/mol. The molecule has 2 rings (SSSR count). The predicted molar refractivity (Wildman–Crippen MR) is 85.5 cm³/mol. The monoisotopic (exact) mass is 305 g/mol. The summed E-state index contributed by atoms with van der Waals surface area (Å²) < 4.78 is 5.02. The fraction of sp³-hybridized carbons (Fsp3) is 0.375. The van der Waals surface area contributed by atoms with E-state index in [-0.39, 0.29) is 0 Å². The first-order valence-corrected chi connectivity index (χ1v) is 7.30. The van der Waals surface area contributed by atoms with Gasteiger partial charge in [0.1, 0.15) is 0 Å². The average Bonchev–Trinajstić information content (AvgIpc) is 2.46. The van der Waals surface area contributed by atoms with E-state index in [0.717, 1.165) is 35.6 Å². The van der Waals surface area contributed by atoms with Gasteiger partial charge >= 0.3 is 0 Å². The molecule has 0 radical (unpaired) electrons. The Bertz CT molecular complexity index is 593. The van der Waals surface area contributed by atoms with Crippen molar-refractivity contribution in [2.24, 2.45) is 0 Å². The molecule has 4 nitrogen and oxygen atoms in total. The molecule has 1 aromatic heterocycles. The summed E-state index contributed by atoms with van der Waals surface area (Å²) in [6.07, 6.45) is 0. The highest BCUT2D eigenvalue weighted by molar-refractivity contribution is 6.33. The van der Waals surface area contributed by atoms with Gasteiger partial charge in [0.25, 0.3) is 0 Å². The van der Waals surface area contributed by atoms with Gasteiger partial charge in [0, 0.05) is 42.7 Å². The second-order valence-corrected chi connectivity index (χ2v) is 5.25. The fourth-order valence-corrected chi connectivity index (χ4v) is 2.37.